The second-order valence-corrected chi connectivity index (χ2v) is 5.35. The lowest BCUT2D eigenvalue weighted by molar-refractivity contribution is -0.122. The molecule has 0 aromatic heterocycles. The molecule has 0 aliphatic heterocycles. The Morgan fingerprint density at radius 2 is 1.93 bits per heavy atom. The molecule has 0 aromatic rings. The van der Waals surface area contributed by atoms with Gasteiger partial charge in [-0.1, -0.05) is 19.3 Å². The average Bonchev–Trinajstić information content (AvgIpc) is 2.49. The van der Waals surface area contributed by atoms with Crippen LogP contribution in [-0.4, -0.2) is 18.0 Å². The van der Waals surface area contributed by atoms with Gasteiger partial charge in [0, 0.05) is 18.5 Å². The van der Waals surface area contributed by atoms with Crippen molar-refractivity contribution in [2.24, 2.45) is 11.7 Å². The molecule has 0 unspecified atom stereocenters. The molecule has 0 saturated heterocycles. The molecule has 86 valence electrons. The fourth-order valence-corrected chi connectivity index (χ4v) is 2.59. The first-order chi connectivity index (χ1) is 7.18. The van der Waals surface area contributed by atoms with Crippen LogP contribution in [0, 0.1) is 5.92 Å². The molecule has 0 bridgehead atoms. The van der Waals surface area contributed by atoms with Gasteiger partial charge in [-0.2, -0.15) is 0 Å². The van der Waals surface area contributed by atoms with E-state index in [1.54, 1.807) is 0 Å². The van der Waals surface area contributed by atoms with E-state index in [9.17, 15) is 4.79 Å². The third-order valence-electron chi connectivity index (χ3n) is 3.92. The van der Waals surface area contributed by atoms with E-state index < -0.39 is 0 Å². The van der Waals surface area contributed by atoms with Gasteiger partial charge >= 0.3 is 0 Å². The Kier molecular flexibility index (Phi) is 3.29. The van der Waals surface area contributed by atoms with Gasteiger partial charge in [-0.3, -0.25) is 4.79 Å². The Labute approximate surface area is 91.8 Å². The van der Waals surface area contributed by atoms with Crippen molar-refractivity contribution in [3.63, 3.8) is 0 Å². The topological polar surface area (TPSA) is 55.1 Å². The summed E-state index contributed by atoms with van der Waals surface area (Å²) in [5, 5.41) is 3.02. The number of nitrogens with one attached hydrogen (secondary N) is 1. The summed E-state index contributed by atoms with van der Waals surface area (Å²) in [6.45, 7) is 0.870. The van der Waals surface area contributed by atoms with Gasteiger partial charge in [0.25, 0.3) is 0 Å². The van der Waals surface area contributed by atoms with Crippen LogP contribution in [0.1, 0.15) is 51.4 Å². The van der Waals surface area contributed by atoms with Gasteiger partial charge in [-0.25, -0.2) is 0 Å². The zero-order chi connectivity index (χ0) is 10.7. The Hall–Kier alpha value is -0.570. The number of carbonyl (C=O) groups excluding carboxylic acids is 1. The number of amides is 1. The number of rotatable bonds is 4. The minimum Gasteiger partial charge on any atom is -0.356 e. The summed E-state index contributed by atoms with van der Waals surface area (Å²) in [6, 6.07) is 0. The Morgan fingerprint density at radius 1 is 1.27 bits per heavy atom. The maximum atomic E-state index is 11.7. The Balaban J connectivity index is 1.66. The summed E-state index contributed by atoms with van der Waals surface area (Å²) in [6.07, 6.45) is 8.84. The number of hydrogen-bond acceptors (Lipinski definition) is 2. The second-order valence-electron chi connectivity index (χ2n) is 5.35. The fraction of sp³-hybridized carbons (Fsp3) is 0.917. The zero-order valence-electron chi connectivity index (χ0n) is 9.43. The van der Waals surface area contributed by atoms with Gasteiger partial charge in [0.1, 0.15) is 0 Å². The van der Waals surface area contributed by atoms with Crippen molar-refractivity contribution in [3.8, 4) is 0 Å². The van der Waals surface area contributed by atoms with E-state index in [-0.39, 0.29) is 11.4 Å². The normalized spacial score (nSPS) is 24.9. The smallest absolute Gasteiger partial charge is 0.221 e. The molecule has 0 spiro atoms. The molecule has 2 saturated carbocycles. The van der Waals surface area contributed by atoms with Crippen LogP contribution in [0.2, 0.25) is 0 Å². The quantitative estimate of drug-likeness (QED) is 0.740. The molecule has 3 nitrogen and oxygen atoms in total. The predicted molar refractivity (Wildman–Crippen MR) is 60.4 cm³/mol. The van der Waals surface area contributed by atoms with E-state index >= 15 is 0 Å². The first-order valence-electron chi connectivity index (χ1n) is 6.24. The van der Waals surface area contributed by atoms with Crippen molar-refractivity contribution in [1.82, 2.24) is 5.32 Å². The van der Waals surface area contributed by atoms with E-state index in [0.29, 0.717) is 6.42 Å². The maximum absolute atomic E-state index is 11.7. The zero-order valence-corrected chi connectivity index (χ0v) is 9.43. The van der Waals surface area contributed by atoms with Gasteiger partial charge in [0.15, 0.2) is 0 Å². The largest absolute Gasteiger partial charge is 0.356 e. The highest BCUT2D eigenvalue weighted by molar-refractivity contribution is 5.77. The third kappa shape index (κ3) is 2.94. The first-order valence-corrected chi connectivity index (χ1v) is 6.24. The van der Waals surface area contributed by atoms with E-state index in [0.717, 1.165) is 25.3 Å². The molecule has 0 atom stereocenters. The SMILES string of the molecule is NC1(CC(=O)NCC2CCC2)CCCC1. The van der Waals surface area contributed by atoms with Crippen LogP contribution in [-0.2, 0) is 4.79 Å². The highest BCUT2D eigenvalue weighted by Gasteiger charge is 2.31. The van der Waals surface area contributed by atoms with Gasteiger partial charge in [-0.15, -0.1) is 0 Å². The first kappa shape index (κ1) is 10.9. The van der Waals surface area contributed by atoms with E-state index in [4.69, 9.17) is 5.73 Å². The minimum atomic E-state index is -0.191. The molecular formula is C12H22N2O. The standard InChI is InChI=1S/C12H22N2O/c13-12(6-1-2-7-12)8-11(15)14-9-10-4-3-5-10/h10H,1-9,13H2,(H,14,15). The molecule has 3 heteroatoms. The van der Waals surface area contributed by atoms with Crippen LogP contribution in [0.5, 0.6) is 0 Å². The number of hydrogen-bond donors (Lipinski definition) is 2. The van der Waals surface area contributed by atoms with Crippen molar-refractivity contribution in [2.75, 3.05) is 6.54 Å². The van der Waals surface area contributed by atoms with E-state index in [1.807, 2.05) is 0 Å². The monoisotopic (exact) mass is 210 g/mol. The Bertz CT molecular complexity index is 230. The van der Waals surface area contributed by atoms with Gasteiger partial charge < -0.3 is 11.1 Å². The molecule has 2 fully saturated rings. The lowest BCUT2D eigenvalue weighted by Gasteiger charge is -2.27. The molecule has 2 rings (SSSR count). The van der Waals surface area contributed by atoms with Crippen molar-refractivity contribution in [1.29, 1.82) is 0 Å². The summed E-state index contributed by atoms with van der Waals surface area (Å²) >= 11 is 0. The van der Waals surface area contributed by atoms with Gasteiger partial charge in [0.05, 0.1) is 0 Å². The van der Waals surface area contributed by atoms with Crippen molar-refractivity contribution < 1.29 is 4.79 Å². The molecule has 2 aliphatic rings. The minimum absolute atomic E-state index is 0.159. The van der Waals surface area contributed by atoms with Crippen LogP contribution in [0.15, 0.2) is 0 Å². The summed E-state index contributed by atoms with van der Waals surface area (Å²) in [4.78, 5) is 11.7. The molecule has 3 N–H and O–H groups in total. The van der Waals surface area contributed by atoms with E-state index in [2.05, 4.69) is 5.32 Å². The molecule has 1 amide bonds. The maximum Gasteiger partial charge on any atom is 0.221 e. The van der Waals surface area contributed by atoms with Crippen LogP contribution in [0.4, 0.5) is 0 Å². The molecule has 2 aliphatic carbocycles. The Morgan fingerprint density at radius 3 is 2.47 bits per heavy atom. The van der Waals surface area contributed by atoms with Crippen LogP contribution < -0.4 is 11.1 Å². The summed E-state index contributed by atoms with van der Waals surface area (Å²) in [5.74, 6) is 0.901. The highest BCUT2D eigenvalue weighted by Crippen LogP contribution is 2.30. The van der Waals surface area contributed by atoms with E-state index in [1.165, 1.54) is 32.1 Å². The predicted octanol–water partition coefficient (Wildman–Crippen LogP) is 1.56. The van der Waals surface area contributed by atoms with Crippen LogP contribution in [0.25, 0.3) is 0 Å². The van der Waals surface area contributed by atoms with Crippen molar-refractivity contribution >= 4 is 5.91 Å². The summed E-state index contributed by atoms with van der Waals surface area (Å²) < 4.78 is 0. The summed E-state index contributed by atoms with van der Waals surface area (Å²) in [7, 11) is 0. The molecule has 0 radical (unpaired) electrons. The molecule has 0 heterocycles. The van der Waals surface area contributed by atoms with Crippen molar-refractivity contribution in [3.05, 3.63) is 0 Å². The second kappa shape index (κ2) is 4.52. The highest BCUT2D eigenvalue weighted by atomic mass is 16.1. The number of nitrogens with two attached hydrogens (primary N) is 1. The molecular weight excluding hydrogens is 188 g/mol. The lowest BCUT2D eigenvalue weighted by Crippen LogP contribution is -2.43. The summed E-state index contributed by atoms with van der Waals surface area (Å²) in [5.41, 5.74) is 5.96. The molecule has 0 aromatic carbocycles. The van der Waals surface area contributed by atoms with Crippen LogP contribution >= 0.6 is 0 Å². The van der Waals surface area contributed by atoms with Gasteiger partial charge in [0.2, 0.25) is 5.91 Å². The van der Waals surface area contributed by atoms with Crippen molar-refractivity contribution in [2.45, 2.75) is 56.9 Å². The average molecular weight is 210 g/mol. The lowest BCUT2D eigenvalue weighted by atomic mass is 9.85. The molecule has 15 heavy (non-hydrogen) atoms. The fourth-order valence-electron chi connectivity index (χ4n) is 2.59. The third-order valence-corrected chi connectivity index (χ3v) is 3.92. The number of carbonyl (C=O) groups is 1. The van der Waals surface area contributed by atoms with Crippen LogP contribution in [0.3, 0.4) is 0 Å². The van der Waals surface area contributed by atoms with Gasteiger partial charge in [-0.05, 0) is 31.6 Å².